The van der Waals surface area contributed by atoms with Crippen molar-refractivity contribution < 1.29 is 14.3 Å². The zero-order valence-electron chi connectivity index (χ0n) is 13.8. The van der Waals surface area contributed by atoms with E-state index in [0.717, 1.165) is 0 Å². The van der Waals surface area contributed by atoms with Crippen LogP contribution in [-0.4, -0.2) is 28.7 Å². The van der Waals surface area contributed by atoms with Crippen LogP contribution in [0.3, 0.4) is 0 Å². The van der Waals surface area contributed by atoms with Gasteiger partial charge in [0.1, 0.15) is 11.4 Å². The molecule has 0 bridgehead atoms. The second-order valence-electron chi connectivity index (χ2n) is 5.33. The van der Waals surface area contributed by atoms with E-state index in [-0.39, 0.29) is 11.6 Å². The predicted molar refractivity (Wildman–Crippen MR) is 101 cm³/mol. The van der Waals surface area contributed by atoms with Gasteiger partial charge in [-0.15, -0.1) is 0 Å². The third kappa shape index (κ3) is 3.60. The maximum atomic E-state index is 12.7. The van der Waals surface area contributed by atoms with Crippen LogP contribution in [0.15, 0.2) is 59.2 Å². The van der Waals surface area contributed by atoms with E-state index in [9.17, 15) is 9.59 Å². The molecule has 0 radical (unpaired) electrons. The van der Waals surface area contributed by atoms with Gasteiger partial charge < -0.3 is 15.8 Å². The van der Waals surface area contributed by atoms with Crippen LogP contribution < -0.4 is 15.8 Å². The highest BCUT2D eigenvalue weighted by Gasteiger charge is 2.15. The number of hydrogen-bond donors (Lipinski definition) is 2. The van der Waals surface area contributed by atoms with Crippen LogP contribution in [0.5, 0.6) is 5.75 Å². The lowest BCUT2D eigenvalue weighted by molar-refractivity contribution is 0.0992. The highest BCUT2D eigenvalue weighted by Crippen LogP contribution is 2.25. The maximum Gasteiger partial charge on any atom is 0.269 e. The molecule has 0 saturated heterocycles. The second kappa shape index (κ2) is 7.40. The van der Waals surface area contributed by atoms with Crippen LogP contribution in [0.4, 0.5) is 5.69 Å². The molecule has 0 spiro atoms. The van der Waals surface area contributed by atoms with Crippen LogP contribution in [0.1, 0.15) is 20.8 Å². The Hall–Kier alpha value is -3.13. The monoisotopic (exact) mass is 414 g/mol. The first-order valence-corrected chi connectivity index (χ1v) is 8.38. The number of amides is 2. The number of methoxy groups -OCH3 is 1. The molecule has 3 rings (SSSR count). The molecule has 0 unspecified atom stereocenters. The zero-order valence-corrected chi connectivity index (χ0v) is 15.4. The standard InChI is InChI=1S/C18H15BrN4O3/c1-26-11-6-7-13(19)12(10-11)18(25)21-14-4-2-3-5-16(14)23-9-8-15(22-23)17(20)24/h2-10H,1H3,(H2,20,24)(H,21,25). The van der Waals surface area contributed by atoms with Crippen molar-refractivity contribution in [3.05, 3.63) is 70.5 Å². The highest BCUT2D eigenvalue weighted by molar-refractivity contribution is 9.10. The van der Waals surface area contributed by atoms with Gasteiger partial charge in [-0.05, 0) is 52.3 Å². The normalized spacial score (nSPS) is 10.4. The number of carbonyl (C=O) groups excluding carboxylic acids is 2. The van der Waals surface area contributed by atoms with Gasteiger partial charge in [-0.25, -0.2) is 4.68 Å². The first-order chi connectivity index (χ1) is 12.5. The number of benzene rings is 2. The molecule has 26 heavy (non-hydrogen) atoms. The number of anilines is 1. The molecule has 132 valence electrons. The van der Waals surface area contributed by atoms with Gasteiger partial charge in [0, 0.05) is 10.7 Å². The summed E-state index contributed by atoms with van der Waals surface area (Å²) in [6.07, 6.45) is 1.60. The smallest absolute Gasteiger partial charge is 0.269 e. The Bertz CT molecular complexity index is 984. The Labute approximate surface area is 157 Å². The Morgan fingerprint density at radius 3 is 2.65 bits per heavy atom. The maximum absolute atomic E-state index is 12.7. The van der Waals surface area contributed by atoms with E-state index in [2.05, 4.69) is 26.3 Å². The van der Waals surface area contributed by atoms with E-state index in [4.69, 9.17) is 10.5 Å². The lowest BCUT2D eigenvalue weighted by atomic mass is 10.2. The van der Waals surface area contributed by atoms with Gasteiger partial charge in [-0.1, -0.05) is 12.1 Å². The summed E-state index contributed by atoms with van der Waals surface area (Å²) < 4.78 is 7.29. The number of nitrogens with zero attached hydrogens (tertiary/aromatic N) is 2. The summed E-state index contributed by atoms with van der Waals surface area (Å²) in [4.78, 5) is 24.0. The number of ether oxygens (including phenoxy) is 1. The molecule has 0 aliphatic rings. The second-order valence-corrected chi connectivity index (χ2v) is 6.18. The molecule has 0 fully saturated rings. The summed E-state index contributed by atoms with van der Waals surface area (Å²) in [6, 6.07) is 13.8. The quantitative estimate of drug-likeness (QED) is 0.669. The molecule has 2 amide bonds. The molecule has 1 heterocycles. The van der Waals surface area contributed by atoms with Crippen LogP contribution in [0.2, 0.25) is 0 Å². The van der Waals surface area contributed by atoms with Crippen molar-refractivity contribution in [3.8, 4) is 11.4 Å². The van der Waals surface area contributed by atoms with Crippen molar-refractivity contribution in [1.82, 2.24) is 9.78 Å². The predicted octanol–water partition coefficient (Wildman–Crippen LogP) is 2.99. The van der Waals surface area contributed by atoms with Gasteiger partial charge in [0.05, 0.1) is 24.0 Å². The molecule has 8 heteroatoms. The summed E-state index contributed by atoms with van der Waals surface area (Å²) in [5.74, 6) is -0.360. The van der Waals surface area contributed by atoms with E-state index in [1.54, 1.807) is 48.7 Å². The van der Waals surface area contributed by atoms with Crippen molar-refractivity contribution in [2.75, 3.05) is 12.4 Å². The van der Waals surface area contributed by atoms with E-state index in [0.29, 0.717) is 27.2 Å². The van der Waals surface area contributed by atoms with E-state index in [1.807, 2.05) is 0 Å². The summed E-state index contributed by atoms with van der Waals surface area (Å²) >= 11 is 3.37. The van der Waals surface area contributed by atoms with Gasteiger partial charge in [-0.2, -0.15) is 5.10 Å². The van der Waals surface area contributed by atoms with Crippen molar-refractivity contribution in [2.45, 2.75) is 0 Å². The lowest BCUT2D eigenvalue weighted by Gasteiger charge is -2.12. The van der Waals surface area contributed by atoms with Crippen molar-refractivity contribution in [3.63, 3.8) is 0 Å². The first kappa shape index (κ1) is 17.7. The number of nitrogens with one attached hydrogen (secondary N) is 1. The fraction of sp³-hybridized carbons (Fsp3) is 0.0556. The SMILES string of the molecule is COc1ccc(Br)c(C(=O)Nc2ccccc2-n2ccc(C(N)=O)n2)c1. The third-order valence-electron chi connectivity index (χ3n) is 3.66. The number of nitrogens with two attached hydrogens (primary N) is 1. The van der Waals surface area contributed by atoms with Gasteiger partial charge in [-0.3, -0.25) is 9.59 Å². The number of para-hydroxylation sites is 2. The van der Waals surface area contributed by atoms with Gasteiger partial charge in [0.2, 0.25) is 0 Å². The Balaban J connectivity index is 1.93. The van der Waals surface area contributed by atoms with Crippen LogP contribution in [0.25, 0.3) is 5.69 Å². The minimum Gasteiger partial charge on any atom is -0.497 e. The number of aromatic nitrogens is 2. The molecular formula is C18H15BrN4O3. The Morgan fingerprint density at radius 1 is 1.19 bits per heavy atom. The average molecular weight is 415 g/mol. The van der Waals surface area contributed by atoms with E-state index in [1.165, 1.54) is 17.9 Å². The Morgan fingerprint density at radius 2 is 1.96 bits per heavy atom. The van der Waals surface area contributed by atoms with Gasteiger partial charge >= 0.3 is 0 Å². The first-order valence-electron chi connectivity index (χ1n) is 7.59. The van der Waals surface area contributed by atoms with Crippen molar-refractivity contribution in [2.24, 2.45) is 5.73 Å². The van der Waals surface area contributed by atoms with Crippen LogP contribution >= 0.6 is 15.9 Å². The fourth-order valence-electron chi connectivity index (χ4n) is 2.36. The largest absolute Gasteiger partial charge is 0.497 e. The van der Waals surface area contributed by atoms with Gasteiger partial charge in [0.15, 0.2) is 0 Å². The van der Waals surface area contributed by atoms with E-state index >= 15 is 0 Å². The van der Waals surface area contributed by atoms with Crippen molar-refractivity contribution >= 4 is 33.4 Å². The number of halogens is 1. The molecule has 0 aliphatic carbocycles. The minimum atomic E-state index is -0.620. The minimum absolute atomic E-state index is 0.140. The van der Waals surface area contributed by atoms with Crippen LogP contribution in [-0.2, 0) is 0 Å². The molecule has 2 aromatic carbocycles. The lowest BCUT2D eigenvalue weighted by Crippen LogP contribution is -2.15. The summed E-state index contributed by atoms with van der Waals surface area (Å²) in [7, 11) is 1.54. The molecule has 0 aliphatic heterocycles. The van der Waals surface area contributed by atoms with E-state index < -0.39 is 5.91 Å². The van der Waals surface area contributed by atoms with Crippen LogP contribution in [0, 0.1) is 0 Å². The summed E-state index contributed by atoms with van der Waals surface area (Å²) in [5.41, 5.74) is 6.95. The van der Waals surface area contributed by atoms with Crippen molar-refractivity contribution in [1.29, 1.82) is 0 Å². The molecule has 3 N–H and O–H groups in total. The molecule has 1 aromatic heterocycles. The molecular weight excluding hydrogens is 400 g/mol. The highest BCUT2D eigenvalue weighted by atomic mass is 79.9. The molecule has 0 saturated carbocycles. The Kier molecular flexibility index (Phi) is 5.04. The molecule has 0 atom stereocenters. The van der Waals surface area contributed by atoms with Gasteiger partial charge in [0.25, 0.3) is 11.8 Å². The fourth-order valence-corrected chi connectivity index (χ4v) is 2.79. The third-order valence-corrected chi connectivity index (χ3v) is 4.35. The molecule has 3 aromatic rings. The number of rotatable bonds is 5. The summed E-state index contributed by atoms with van der Waals surface area (Å²) in [5, 5.41) is 6.98. The topological polar surface area (TPSA) is 99.2 Å². The zero-order chi connectivity index (χ0) is 18.7. The number of carbonyl (C=O) groups is 2. The number of hydrogen-bond acceptors (Lipinski definition) is 4. The number of primary amides is 1. The summed E-state index contributed by atoms with van der Waals surface area (Å²) in [6.45, 7) is 0. The average Bonchev–Trinajstić information content (AvgIpc) is 3.13. The molecule has 7 nitrogen and oxygen atoms in total.